The van der Waals surface area contributed by atoms with E-state index < -0.39 is 5.91 Å². The van der Waals surface area contributed by atoms with Crippen molar-refractivity contribution in [3.8, 4) is 11.5 Å². The summed E-state index contributed by atoms with van der Waals surface area (Å²) < 4.78 is 23.5. The molecule has 0 unspecified atom stereocenters. The van der Waals surface area contributed by atoms with Crippen molar-refractivity contribution < 1.29 is 18.7 Å². The fraction of sp³-hybridized carbons (Fsp3) is 0.190. The van der Waals surface area contributed by atoms with Crippen LogP contribution in [0.15, 0.2) is 54.7 Å². The molecular formula is C21H21FN4O3. The Hall–Kier alpha value is -3.68. The van der Waals surface area contributed by atoms with Crippen LogP contribution in [0.1, 0.15) is 16.1 Å². The summed E-state index contributed by atoms with van der Waals surface area (Å²) in [5.41, 5.74) is 1.75. The fourth-order valence-electron chi connectivity index (χ4n) is 2.65. The molecule has 2 N–H and O–H groups in total. The molecule has 0 saturated heterocycles. The quantitative estimate of drug-likeness (QED) is 0.606. The summed E-state index contributed by atoms with van der Waals surface area (Å²) >= 11 is 0. The first kappa shape index (κ1) is 20.1. The molecule has 0 saturated carbocycles. The minimum absolute atomic E-state index is 0.206. The Balaban J connectivity index is 1.58. The van der Waals surface area contributed by atoms with Crippen LogP contribution in [0.5, 0.6) is 11.5 Å². The largest absolute Gasteiger partial charge is 0.493 e. The van der Waals surface area contributed by atoms with E-state index in [-0.39, 0.29) is 11.5 Å². The lowest BCUT2D eigenvalue weighted by Crippen LogP contribution is -2.16. The van der Waals surface area contributed by atoms with Crippen molar-refractivity contribution in [2.24, 2.45) is 0 Å². The monoisotopic (exact) mass is 396 g/mol. The number of hydrogen-bond acceptors (Lipinski definition) is 6. The van der Waals surface area contributed by atoms with Crippen molar-refractivity contribution in [2.45, 2.75) is 6.42 Å². The Labute approximate surface area is 167 Å². The summed E-state index contributed by atoms with van der Waals surface area (Å²) in [6.45, 7) is 0.568. The molecule has 0 spiro atoms. The van der Waals surface area contributed by atoms with E-state index in [1.807, 2.05) is 18.2 Å². The first-order chi connectivity index (χ1) is 14.1. The van der Waals surface area contributed by atoms with Gasteiger partial charge >= 0.3 is 0 Å². The van der Waals surface area contributed by atoms with Crippen LogP contribution in [0.3, 0.4) is 0 Å². The van der Waals surface area contributed by atoms with Crippen LogP contribution in [-0.2, 0) is 6.42 Å². The number of nitrogens with one attached hydrogen (secondary N) is 2. The molecule has 1 aromatic heterocycles. The second kappa shape index (κ2) is 9.50. The van der Waals surface area contributed by atoms with Crippen LogP contribution in [0, 0.1) is 5.82 Å². The summed E-state index contributed by atoms with van der Waals surface area (Å²) in [6.07, 6.45) is 2.21. The molecule has 7 nitrogen and oxygen atoms in total. The van der Waals surface area contributed by atoms with Gasteiger partial charge in [-0.3, -0.25) is 4.79 Å². The highest BCUT2D eigenvalue weighted by atomic mass is 19.1. The van der Waals surface area contributed by atoms with Crippen LogP contribution < -0.4 is 20.1 Å². The lowest BCUT2D eigenvalue weighted by Gasteiger charge is -2.10. The van der Waals surface area contributed by atoms with Crippen LogP contribution in [0.4, 0.5) is 16.0 Å². The van der Waals surface area contributed by atoms with E-state index >= 15 is 0 Å². The van der Waals surface area contributed by atoms with E-state index in [0.717, 1.165) is 5.56 Å². The van der Waals surface area contributed by atoms with E-state index in [1.165, 1.54) is 36.5 Å². The third-order valence-corrected chi connectivity index (χ3v) is 4.14. The Kier molecular flexibility index (Phi) is 6.57. The lowest BCUT2D eigenvalue weighted by atomic mass is 10.1. The van der Waals surface area contributed by atoms with Gasteiger partial charge in [-0.05, 0) is 54.4 Å². The van der Waals surface area contributed by atoms with Crippen molar-refractivity contribution in [1.29, 1.82) is 0 Å². The standard InChI is InChI=1S/C21H21FN4O3/c1-28-18-8-3-14(13-19(18)29-2)9-11-23-21-24-12-10-17(26-21)20(27)25-16-6-4-15(22)5-7-16/h3-8,10,12-13H,9,11H2,1-2H3,(H,25,27)(H,23,24,26). The van der Waals surface area contributed by atoms with Gasteiger partial charge in [-0.15, -0.1) is 0 Å². The number of halogens is 1. The van der Waals surface area contributed by atoms with E-state index in [4.69, 9.17) is 9.47 Å². The molecule has 0 atom stereocenters. The summed E-state index contributed by atoms with van der Waals surface area (Å²) in [6, 6.07) is 12.7. The normalized spacial score (nSPS) is 10.3. The van der Waals surface area contributed by atoms with Gasteiger partial charge in [-0.2, -0.15) is 0 Å². The van der Waals surface area contributed by atoms with E-state index in [9.17, 15) is 9.18 Å². The molecule has 0 aliphatic rings. The number of anilines is 2. The number of nitrogens with zero attached hydrogens (tertiary/aromatic N) is 2. The Morgan fingerprint density at radius 2 is 1.79 bits per heavy atom. The zero-order chi connectivity index (χ0) is 20.6. The van der Waals surface area contributed by atoms with E-state index in [1.54, 1.807) is 14.2 Å². The zero-order valence-corrected chi connectivity index (χ0v) is 16.1. The van der Waals surface area contributed by atoms with Gasteiger partial charge in [0.1, 0.15) is 11.5 Å². The van der Waals surface area contributed by atoms with Gasteiger partial charge in [0, 0.05) is 18.4 Å². The number of carbonyl (C=O) groups is 1. The maximum atomic E-state index is 13.0. The lowest BCUT2D eigenvalue weighted by molar-refractivity contribution is 0.102. The van der Waals surface area contributed by atoms with Gasteiger partial charge in [0.15, 0.2) is 11.5 Å². The molecule has 0 radical (unpaired) electrons. The van der Waals surface area contributed by atoms with Crippen molar-refractivity contribution in [1.82, 2.24) is 9.97 Å². The number of amides is 1. The SMILES string of the molecule is COc1ccc(CCNc2nccc(C(=O)Nc3ccc(F)cc3)n2)cc1OC. The first-order valence-corrected chi connectivity index (χ1v) is 8.94. The number of benzene rings is 2. The Bertz CT molecular complexity index is 980. The molecule has 2 aromatic carbocycles. The third kappa shape index (κ3) is 5.41. The van der Waals surface area contributed by atoms with Gasteiger partial charge in [0.05, 0.1) is 14.2 Å². The molecule has 0 aliphatic heterocycles. The Morgan fingerprint density at radius 1 is 1.03 bits per heavy atom. The average Bonchev–Trinajstić information content (AvgIpc) is 2.75. The topological polar surface area (TPSA) is 85.4 Å². The molecule has 0 bridgehead atoms. The van der Waals surface area contributed by atoms with Gasteiger partial charge in [0.25, 0.3) is 5.91 Å². The van der Waals surface area contributed by atoms with Gasteiger partial charge < -0.3 is 20.1 Å². The van der Waals surface area contributed by atoms with E-state index in [2.05, 4.69) is 20.6 Å². The molecule has 8 heteroatoms. The van der Waals surface area contributed by atoms with Crippen molar-refractivity contribution in [3.63, 3.8) is 0 Å². The highest BCUT2D eigenvalue weighted by Gasteiger charge is 2.10. The molecule has 150 valence electrons. The van der Waals surface area contributed by atoms with Crippen LogP contribution in [0.2, 0.25) is 0 Å². The number of aromatic nitrogens is 2. The zero-order valence-electron chi connectivity index (χ0n) is 16.1. The number of rotatable bonds is 8. The molecular weight excluding hydrogens is 375 g/mol. The highest BCUT2D eigenvalue weighted by Crippen LogP contribution is 2.27. The third-order valence-electron chi connectivity index (χ3n) is 4.14. The number of ether oxygens (including phenoxy) is 2. The maximum Gasteiger partial charge on any atom is 0.274 e. The highest BCUT2D eigenvalue weighted by molar-refractivity contribution is 6.02. The summed E-state index contributed by atoms with van der Waals surface area (Å²) in [5.74, 6) is 0.915. The molecule has 3 aromatic rings. The molecule has 0 fully saturated rings. The van der Waals surface area contributed by atoms with Crippen molar-refractivity contribution in [3.05, 3.63) is 71.8 Å². The molecule has 1 heterocycles. The molecule has 0 aliphatic carbocycles. The summed E-state index contributed by atoms with van der Waals surface area (Å²) in [4.78, 5) is 20.7. The minimum atomic E-state index is -0.401. The van der Waals surface area contributed by atoms with Crippen LogP contribution >= 0.6 is 0 Å². The Morgan fingerprint density at radius 3 is 2.52 bits per heavy atom. The smallest absolute Gasteiger partial charge is 0.274 e. The van der Waals surface area contributed by atoms with Gasteiger partial charge in [-0.25, -0.2) is 14.4 Å². The second-order valence-corrected chi connectivity index (χ2v) is 6.09. The average molecular weight is 396 g/mol. The van der Waals surface area contributed by atoms with Crippen LogP contribution in [0.25, 0.3) is 0 Å². The fourth-order valence-corrected chi connectivity index (χ4v) is 2.65. The number of carbonyl (C=O) groups excluding carboxylic acids is 1. The summed E-state index contributed by atoms with van der Waals surface area (Å²) in [5, 5.41) is 5.77. The van der Waals surface area contributed by atoms with Crippen LogP contribution in [-0.4, -0.2) is 36.6 Å². The number of methoxy groups -OCH3 is 2. The van der Waals surface area contributed by atoms with Gasteiger partial charge in [0.2, 0.25) is 5.95 Å². The number of hydrogen-bond donors (Lipinski definition) is 2. The van der Waals surface area contributed by atoms with Gasteiger partial charge in [-0.1, -0.05) is 6.07 Å². The predicted octanol–water partition coefficient (Wildman–Crippen LogP) is 3.54. The van der Waals surface area contributed by atoms with Crippen molar-refractivity contribution >= 4 is 17.5 Å². The van der Waals surface area contributed by atoms with Crippen molar-refractivity contribution in [2.75, 3.05) is 31.4 Å². The second-order valence-electron chi connectivity index (χ2n) is 6.09. The molecule has 29 heavy (non-hydrogen) atoms. The maximum absolute atomic E-state index is 13.0. The predicted molar refractivity (Wildman–Crippen MR) is 108 cm³/mol. The summed E-state index contributed by atoms with van der Waals surface area (Å²) in [7, 11) is 3.19. The minimum Gasteiger partial charge on any atom is -0.493 e. The molecule has 3 rings (SSSR count). The first-order valence-electron chi connectivity index (χ1n) is 8.94. The van der Waals surface area contributed by atoms with E-state index in [0.29, 0.717) is 36.1 Å². The molecule has 1 amide bonds.